The van der Waals surface area contributed by atoms with Gasteiger partial charge in [0.25, 0.3) is 0 Å². The van der Waals surface area contributed by atoms with Gasteiger partial charge >= 0.3 is 0 Å². The normalized spacial score (nSPS) is 14.8. The van der Waals surface area contributed by atoms with Crippen molar-refractivity contribution in [2.75, 3.05) is 12.4 Å². The lowest BCUT2D eigenvalue weighted by Gasteiger charge is -2.10. The molecule has 1 aliphatic heterocycles. The number of hydrogen-bond acceptors (Lipinski definition) is 3. The summed E-state index contributed by atoms with van der Waals surface area (Å²) in [4.78, 5) is 21.5. The number of rotatable bonds is 4. The molecule has 1 amide bonds. The Labute approximate surface area is 201 Å². The maximum Gasteiger partial charge on any atom is 0.238 e. The van der Waals surface area contributed by atoms with E-state index >= 15 is 0 Å². The van der Waals surface area contributed by atoms with Crippen LogP contribution in [0, 0.1) is 0 Å². The lowest BCUT2D eigenvalue weighted by atomic mass is 9.94. The van der Waals surface area contributed by atoms with Crippen molar-refractivity contribution < 1.29 is 9.53 Å². The number of methoxy groups -OCH3 is 1. The summed E-state index contributed by atoms with van der Waals surface area (Å²) in [6.45, 7) is 0. The molecule has 5 aromatic rings. The minimum Gasteiger partial charge on any atom is -0.497 e. The average Bonchev–Trinajstić information content (AvgIpc) is 3.44. The second-order valence-corrected chi connectivity index (χ2v) is 8.73. The molecule has 2 N–H and O–H groups in total. The molecule has 6 heteroatoms. The van der Waals surface area contributed by atoms with Crippen LogP contribution in [-0.2, 0) is 4.79 Å². The highest BCUT2D eigenvalue weighted by atomic mass is 35.5. The first-order chi connectivity index (χ1) is 16.6. The van der Waals surface area contributed by atoms with E-state index in [9.17, 15) is 4.79 Å². The molecule has 1 unspecified atom stereocenters. The minimum atomic E-state index is -0.479. The predicted octanol–water partition coefficient (Wildman–Crippen LogP) is 6.64. The molecule has 6 rings (SSSR count). The standard InChI is InChI=1S/C28H20ClN3O2/c1-34-21-13-10-17-14-19(7-6-18(17)15-21)27-31-25(16-8-11-20(29)12-9-16)26(32-27)24-22-4-2-3-5-23(22)30-28(24)33/h2-15,24H,1H3,(H,30,33)(H,31,32). The molecule has 0 bridgehead atoms. The van der Waals surface area contributed by atoms with Crippen molar-refractivity contribution in [2.45, 2.75) is 5.92 Å². The SMILES string of the molecule is COc1ccc2cc(-c3nc(-c4ccc(Cl)cc4)c(C4C(=O)Nc5ccccc54)[nH]3)ccc2c1. The summed E-state index contributed by atoms with van der Waals surface area (Å²) in [5.74, 6) is 0.969. The lowest BCUT2D eigenvalue weighted by Crippen LogP contribution is -2.14. The molecule has 1 aromatic heterocycles. The number of anilines is 1. The van der Waals surface area contributed by atoms with Gasteiger partial charge in [0.1, 0.15) is 17.5 Å². The minimum absolute atomic E-state index is 0.0720. The third-order valence-electron chi connectivity index (χ3n) is 6.25. The third-order valence-corrected chi connectivity index (χ3v) is 6.50. The quantitative estimate of drug-likeness (QED) is 0.312. The van der Waals surface area contributed by atoms with Gasteiger partial charge < -0.3 is 15.0 Å². The molecule has 1 aliphatic rings. The number of aromatic amines is 1. The number of para-hydroxylation sites is 1. The number of nitrogens with zero attached hydrogens (tertiary/aromatic N) is 1. The van der Waals surface area contributed by atoms with Crippen LogP contribution in [-0.4, -0.2) is 23.0 Å². The van der Waals surface area contributed by atoms with Gasteiger partial charge in [0.05, 0.1) is 18.5 Å². The van der Waals surface area contributed by atoms with Crippen molar-refractivity contribution in [3.8, 4) is 28.4 Å². The number of hydrogen-bond donors (Lipinski definition) is 2. The lowest BCUT2D eigenvalue weighted by molar-refractivity contribution is -0.116. The van der Waals surface area contributed by atoms with Crippen LogP contribution in [0.4, 0.5) is 5.69 Å². The van der Waals surface area contributed by atoms with Crippen LogP contribution in [0.2, 0.25) is 5.02 Å². The average molecular weight is 466 g/mol. The van der Waals surface area contributed by atoms with Gasteiger partial charge in [-0.05, 0) is 52.7 Å². The first-order valence-corrected chi connectivity index (χ1v) is 11.3. The molecule has 0 aliphatic carbocycles. The number of aromatic nitrogens is 2. The highest BCUT2D eigenvalue weighted by Gasteiger charge is 2.35. The largest absolute Gasteiger partial charge is 0.497 e. The van der Waals surface area contributed by atoms with Crippen LogP contribution in [0.1, 0.15) is 17.2 Å². The van der Waals surface area contributed by atoms with Crippen molar-refractivity contribution >= 4 is 34.0 Å². The van der Waals surface area contributed by atoms with E-state index in [-0.39, 0.29) is 5.91 Å². The molecule has 5 nitrogen and oxygen atoms in total. The molecular formula is C28H20ClN3O2. The van der Waals surface area contributed by atoms with Gasteiger partial charge in [-0.1, -0.05) is 60.1 Å². The fraction of sp³-hybridized carbons (Fsp3) is 0.0714. The van der Waals surface area contributed by atoms with E-state index in [4.69, 9.17) is 21.3 Å². The number of imidazole rings is 1. The zero-order chi connectivity index (χ0) is 23.2. The zero-order valence-corrected chi connectivity index (χ0v) is 19.1. The fourth-order valence-corrected chi connectivity index (χ4v) is 4.68. The van der Waals surface area contributed by atoms with E-state index in [1.54, 1.807) is 7.11 Å². The van der Waals surface area contributed by atoms with Gasteiger partial charge in [0.2, 0.25) is 5.91 Å². The number of nitrogens with one attached hydrogen (secondary N) is 2. The van der Waals surface area contributed by atoms with Crippen molar-refractivity contribution in [1.82, 2.24) is 9.97 Å². The van der Waals surface area contributed by atoms with Crippen LogP contribution in [0.25, 0.3) is 33.4 Å². The topological polar surface area (TPSA) is 67.0 Å². The highest BCUT2D eigenvalue weighted by Crippen LogP contribution is 2.41. The van der Waals surface area contributed by atoms with E-state index in [1.165, 1.54) is 0 Å². The van der Waals surface area contributed by atoms with Crippen LogP contribution in [0.5, 0.6) is 5.75 Å². The number of amides is 1. The molecule has 0 fully saturated rings. The van der Waals surface area contributed by atoms with Crippen LogP contribution in [0.15, 0.2) is 84.9 Å². The van der Waals surface area contributed by atoms with Crippen molar-refractivity contribution in [3.05, 3.63) is 101 Å². The van der Waals surface area contributed by atoms with Crippen molar-refractivity contribution in [2.24, 2.45) is 0 Å². The van der Waals surface area contributed by atoms with Crippen LogP contribution < -0.4 is 10.1 Å². The van der Waals surface area contributed by atoms with E-state index in [0.29, 0.717) is 10.8 Å². The third kappa shape index (κ3) is 3.42. The summed E-state index contributed by atoms with van der Waals surface area (Å²) in [6, 6.07) is 27.4. The number of H-pyrrole nitrogens is 1. The summed E-state index contributed by atoms with van der Waals surface area (Å²) in [5, 5.41) is 5.80. The number of benzene rings is 4. The number of halogens is 1. The monoisotopic (exact) mass is 465 g/mol. The van der Waals surface area contributed by atoms with E-state index < -0.39 is 5.92 Å². The first-order valence-electron chi connectivity index (χ1n) is 10.9. The van der Waals surface area contributed by atoms with E-state index in [0.717, 1.165) is 50.3 Å². The molecule has 0 saturated heterocycles. The van der Waals surface area contributed by atoms with E-state index in [1.807, 2.05) is 72.8 Å². The summed E-state index contributed by atoms with van der Waals surface area (Å²) in [5.41, 5.74) is 5.09. The van der Waals surface area contributed by atoms with Crippen molar-refractivity contribution in [1.29, 1.82) is 0 Å². The predicted molar refractivity (Wildman–Crippen MR) is 135 cm³/mol. The summed E-state index contributed by atoms with van der Waals surface area (Å²) >= 11 is 6.13. The van der Waals surface area contributed by atoms with Gasteiger partial charge in [-0.15, -0.1) is 0 Å². The summed E-state index contributed by atoms with van der Waals surface area (Å²) in [6.07, 6.45) is 0. The van der Waals surface area contributed by atoms with Crippen molar-refractivity contribution in [3.63, 3.8) is 0 Å². The number of ether oxygens (including phenoxy) is 1. The Kier molecular flexibility index (Phi) is 4.85. The molecule has 166 valence electrons. The Morgan fingerprint density at radius 3 is 2.44 bits per heavy atom. The Morgan fingerprint density at radius 2 is 1.62 bits per heavy atom. The number of fused-ring (bicyclic) bond motifs is 2. The van der Waals surface area contributed by atoms with Gasteiger partial charge in [-0.2, -0.15) is 0 Å². The Hall–Kier alpha value is -4.09. The Bertz CT molecular complexity index is 1560. The number of carbonyl (C=O) groups is 1. The van der Waals surface area contributed by atoms with Gasteiger partial charge in [-0.3, -0.25) is 4.79 Å². The highest BCUT2D eigenvalue weighted by molar-refractivity contribution is 6.30. The van der Waals surface area contributed by atoms with Gasteiger partial charge in [0, 0.05) is 21.8 Å². The fourth-order valence-electron chi connectivity index (χ4n) is 4.55. The zero-order valence-electron chi connectivity index (χ0n) is 18.3. The van der Waals surface area contributed by atoms with Gasteiger partial charge in [-0.25, -0.2) is 4.98 Å². The summed E-state index contributed by atoms with van der Waals surface area (Å²) in [7, 11) is 1.66. The molecule has 4 aromatic carbocycles. The van der Waals surface area contributed by atoms with Crippen LogP contribution >= 0.6 is 11.6 Å². The molecule has 0 spiro atoms. The Balaban J connectivity index is 1.52. The molecule has 2 heterocycles. The Morgan fingerprint density at radius 1 is 0.882 bits per heavy atom. The molecule has 0 radical (unpaired) electrons. The molecule has 1 atom stereocenters. The second kappa shape index (κ2) is 8.04. The maximum atomic E-state index is 13.1. The van der Waals surface area contributed by atoms with Gasteiger partial charge in [0.15, 0.2) is 0 Å². The molecular weight excluding hydrogens is 446 g/mol. The van der Waals surface area contributed by atoms with Crippen LogP contribution in [0.3, 0.4) is 0 Å². The second-order valence-electron chi connectivity index (χ2n) is 8.29. The molecule has 0 saturated carbocycles. The summed E-state index contributed by atoms with van der Waals surface area (Å²) < 4.78 is 5.34. The first kappa shape index (κ1) is 20.5. The maximum absolute atomic E-state index is 13.1. The molecule has 34 heavy (non-hydrogen) atoms. The smallest absolute Gasteiger partial charge is 0.238 e. The van der Waals surface area contributed by atoms with E-state index in [2.05, 4.69) is 22.4 Å². The number of carbonyl (C=O) groups excluding carboxylic acids is 1.